The number of halogens is 1. The lowest BCUT2D eigenvalue weighted by atomic mass is 9.87. The van der Waals surface area contributed by atoms with Crippen molar-refractivity contribution in [2.75, 3.05) is 0 Å². The quantitative estimate of drug-likeness (QED) is 0.823. The van der Waals surface area contributed by atoms with Crippen LogP contribution >= 0.6 is 0 Å². The van der Waals surface area contributed by atoms with Crippen molar-refractivity contribution < 1.29 is 9.50 Å². The summed E-state index contributed by atoms with van der Waals surface area (Å²) in [7, 11) is 0. The van der Waals surface area contributed by atoms with Crippen molar-refractivity contribution in [2.24, 2.45) is 5.41 Å². The fraction of sp³-hybridized carbons (Fsp3) is 0.571. The molecule has 0 aliphatic heterocycles. The van der Waals surface area contributed by atoms with Gasteiger partial charge in [-0.3, -0.25) is 0 Å². The van der Waals surface area contributed by atoms with E-state index in [0.717, 1.165) is 12.0 Å². The van der Waals surface area contributed by atoms with Gasteiger partial charge in [0, 0.05) is 0 Å². The molecule has 0 aliphatic carbocycles. The van der Waals surface area contributed by atoms with Crippen molar-refractivity contribution >= 4 is 0 Å². The predicted molar refractivity (Wildman–Crippen MR) is 64.8 cm³/mol. The lowest BCUT2D eigenvalue weighted by molar-refractivity contribution is 0.146. The van der Waals surface area contributed by atoms with Crippen LogP contribution in [-0.4, -0.2) is 5.11 Å². The van der Waals surface area contributed by atoms with Crippen LogP contribution in [0, 0.1) is 18.2 Å². The molecule has 1 aromatic carbocycles. The second kappa shape index (κ2) is 4.96. The molecule has 2 heteroatoms. The molecular formula is C14H21FO. The molecule has 0 aromatic heterocycles. The lowest BCUT2D eigenvalue weighted by Crippen LogP contribution is -2.09. The fourth-order valence-corrected chi connectivity index (χ4v) is 1.70. The summed E-state index contributed by atoms with van der Waals surface area (Å²) in [4.78, 5) is 0. The largest absolute Gasteiger partial charge is 0.388 e. The molecule has 0 fully saturated rings. The average molecular weight is 224 g/mol. The van der Waals surface area contributed by atoms with Crippen LogP contribution < -0.4 is 0 Å². The van der Waals surface area contributed by atoms with Crippen molar-refractivity contribution in [2.45, 2.75) is 46.6 Å². The minimum Gasteiger partial charge on any atom is -0.388 e. The van der Waals surface area contributed by atoms with Gasteiger partial charge in [0.25, 0.3) is 0 Å². The van der Waals surface area contributed by atoms with Crippen molar-refractivity contribution in [3.05, 3.63) is 35.1 Å². The molecule has 0 heterocycles. The Kier molecular flexibility index (Phi) is 4.09. The van der Waals surface area contributed by atoms with Crippen molar-refractivity contribution in [1.82, 2.24) is 0 Å². The average Bonchev–Trinajstić information content (AvgIpc) is 2.17. The SMILES string of the molecule is Cc1ccc(F)cc1C(O)CCC(C)(C)C. The Hall–Kier alpha value is -0.890. The Morgan fingerprint density at radius 3 is 2.50 bits per heavy atom. The Bertz CT molecular complexity index is 352. The third-order valence-corrected chi connectivity index (χ3v) is 2.77. The number of hydrogen-bond acceptors (Lipinski definition) is 1. The minimum absolute atomic E-state index is 0.197. The van der Waals surface area contributed by atoms with E-state index >= 15 is 0 Å². The van der Waals surface area contributed by atoms with Gasteiger partial charge in [0.05, 0.1) is 6.10 Å². The van der Waals surface area contributed by atoms with Gasteiger partial charge in [-0.2, -0.15) is 0 Å². The van der Waals surface area contributed by atoms with Crippen LogP contribution in [0.3, 0.4) is 0 Å². The zero-order chi connectivity index (χ0) is 12.3. The van der Waals surface area contributed by atoms with Gasteiger partial charge < -0.3 is 5.11 Å². The van der Waals surface area contributed by atoms with E-state index in [1.54, 1.807) is 6.07 Å². The lowest BCUT2D eigenvalue weighted by Gasteiger charge is -2.21. The van der Waals surface area contributed by atoms with Crippen LogP contribution in [-0.2, 0) is 0 Å². The standard InChI is InChI=1S/C14H21FO/c1-10-5-6-11(15)9-12(10)13(16)7-8-14(2,3)4/h5-6,9,13,16H,7-8H2,1-4H3. The first-order valence-electron chi connectivity index (χ1n) is 5.74. The Morgan fingerprint density at radius 2 is 1.94 bits per heavy atom. The molecule has 0 bridgehead atoms. The highest BCUT2D eigenvalue weighted by Crippen LogP contribution is 2.28. The Balaban J connectivity index is 2.73. The maximum absolute atomic E-state index is 13.1. The zero-order valence-electron chi connectivity index (χ0n) is 10.5. The van der Waals surface area contributed by atoms with Crippen molar-refractivity contribution in [3.63, 3.8) is 0 Å². The van der Waals surface area contributed by atoms with Crippen LogP contribution in [0.1, 0.15) is 50.8 Å². The first kappa shape index (κ1) is 13.2. The molecule has 90 valence electrons. The van der Waals surface area contributed by atoms with Gasteiger partial charge in [-0.25, -0.2) is 4.39 Å². The molecule has 1 atom stereocenters. The molecule has 16 heavy (non-hydrogen) atoms. The summed E-state index contributed by atoms with van der Waals surface area (Å²) in [5.41, 5.74) is 1.86. The minimum atomic E-state index is -0.560. The normalized spacial score (nSPS) is 13.9. The molecule has 0 radical (unpaired) electrons. The number of hydrogen-bond donors (Lipinski definition) is 1. The highest BCUT2D eigenvalue weighted by Gasteiger charge is 2.16. The van der Waals surface area contributed by atoms with Gasteiger partial charge in [-0.1, -0.05) is 26.8 Å². The van der Waals surface area contributed by atoms with Gasteiger partial charge in [0.15, 0.2) is 0 Å². The topological polar surface area (TPSA) is 20.2 Å². The van der Waals surface area contributed by atoms with E-state index < -0.39 is 6.10 Å². The third-order valence-electron chi connectivity index (χ3n) is 2.77. The van der Waals surface area contributed by atoms with E-state index in [1.165, 1.54) is 12.1 Å². The molecule has 0 saturated carbocycles. The number of aliphatic hydroxyl groups is 1. The third kappa shape index (κ3) is 3.93. The van der Waals surface area contributed by atoms with Gasteiger partial charge in [-0.15, -0.1) is 0 Å². The number of aryl methyl sites for hydroxylation is 1. The Morgan fingerprint density at radius 1 is 1.31 bits per heavy atom. The van der Waals surface area contributed by atoms with Crippen LogP contribution in [0.2, 0.25) is 0 Å². The summed E-state index contributed by atoms with van der Waals surface area (Å²) in [6.07, 6.45) is 1.03. The summed E-state index contributed by atoms with van der Waals surface area (Å²) >= 11 is 0. The molecular weight excluding hydrogens is 203 g/mol. The smallest absolute Gasteiger partial charge is 0.123 e. The van der Waals surface area contributed by atoms with E-state index in [-0.39, 0.29) is 11.2 Å². The molecule has 0 aliphatic rings. The molecule has 1 aromatic rings. The number of rotatable bonds is 3. The maximum Gasteiger partial charge on any atom is 0.123 e. The fourth-order valence-electron chi connectivity index (χ4n) is 1.70. The van der Waals surface area contributed by atoms with E-state index in [1.807, 2.05) is 6.92 Å². The van der Waals surface area contributed by atoms with Gasteiger partial charge >= 0.3 is 0 Å². The van der Waals surface area contributed by atoms with Gasteiger partial charge in [0.2, 0.25) is 0 Å². The van der Waals surface area contributed by atoms with E-state index in [0.29, 0.717) is 12.0 Å². The molecule has 0 amide bonds. The van der Waals surface area contributed by atoms with Gasteiger partial charge in [0.1, 0.15) is 5.82 Å². The van der Waals surface area contributed by atoms with Crippen LogP contribution in [0.25, 0.3) is 0 Å². The van der Waals surface area contributed by atoms with E-state index in [4.69, 9.17) is 0 Å². The molecule has 0 spiro atoms. The Labute approximate surface area is 97.3 Å². The second-order valence-corrected chi connectivity index (χ2v) is 5.62. The highest BCUT2D eigenvalue weighted by atomic mass is 19.1. The predicted octanol–water partition coefficient (Wildman–Crippen LogP) is 3.99. The van der Waals surface area contributed by atoms with Crippen LogP contribution in [0.5, 0.6) is 0 Å². The monoisotopic (exact) mass is 224 g/mol. The number of benzene rings is 1. The first-order chi connectivity index (χ1) is 7.29. The van der Waals surface area contributed by atoms with Gasteiger partial charge in [-0.05, 0) is 48.4 Å². The highest BCUT2D eigenvalue weighted by molar-refractivity contribution is 5.28. The van der Waals surface area contributed by atoms with Crippen molar-refractivity contribution in [1.29, 1.82) is 0 Å². The van der Waals surface area contributed by atoms with Crippen LogP contribution in [0.15, 0.2) is 18.2 Å². The van der Waals surface area contributed by atoms with E-state index in [2.05, 4.69) is 20.8 Å². The molecule has 1 unspecified atom stereocenters. The summed E-state index contributed by atoms with van der Waals surface area (Å²) in [6, 6.07) is 4.57. The summed E-state index contributed by atoms with van der Waals surface area (Å²) in [5, 5.41) is 10.0. The number of aliphatic hydroxyl groups excluding tert-OH is 1. The zero-order valence-corrected chi connectivity index (χ0v) is 10.5. The first-order valence-corrected chi connectivity index (χ1v) is 5.74. The molecule has 1 rings (SSSR count). The maximum atomic E-state index is 13.1. The van der Waals surface area contributed by atoms with Crippen LogP contribution in [0.4, 0.5) is 4.39 Å². The van der Waals surface area contributed by atoms with E-state index in [9.17, 15) is 9.50 Å². The summed E-state index contributed by atoms with van der Waals surface area (Å²) < 4.78 is 13.1. The second-order valence-electron chi connectivity index (χ2n) is 5.62. The van der Waals surface area contributed by atoms with Crippen molar-refractivity contribution in [3.8, 4) is 0 Å². The summed E-state index contributed by atoms with van der Waals surface area (Å²) in [5.74, 6) is -0.282. The molecule has 1 N–H and O–H groups in total. The molecule has 1 nitrogen and oxygen atoms in total. The summed E-state index contributed by atoms with van der Waals surface area (Å²) in [6.45, 7) is 8.31. The molecule has 0 saturated heterocycles.